The third kappa shape index (κ3) is 6.21. The Bertz CT molecular complexity index is 1970. The number of carbonyl (C=O) groups excluding carboxylic acids is 2. The smallest absolute Gasteiger partial charge is 0.220 e. The van der Waals surface area contributed by atoms with E-state index in [1.165, 1.54) is 38.5 Å². The van der Waals surface area contributed by atoms with Gasteiger partial charge in [-0.25, -0.2) is 18.7 Å². The Hall–Kier alpha value is -4.16. The number of ether oxygens (including phenoxy) is 2. The molecule has 1 amide bonds. The van der Waals surface area contributed by atoms with Crippen LogP contribution in [-0.2, 0) is 22.7 Å². The summed E-state index contributed by atoms with van der Waals surface area (Å²) in [7, 11) is 3.06. The van der Waals surface area contributed by atoms with Crippen molar-refractivity contribution in [3.05, 3.63) is 81.3 Å². The molecule has 1 N–H and O–H groups in total. The summed E-state index contributed by atoms with van der Waals surface area (Å²) in [6, 6.07) is 12.8. The Labute approximate surface area is 310 Å². The highest BCUT2D eigenvalue weighted by molar-refractivity contribution is 6.39. The summed E-state index contributed by atoms with van der Waals surface area (Å²) in [5.74, 6) is -0.290. The summed E-state index contributed by atoms with van der Waals surface area (Å²) < 4.78 is 42.7. The molecule has 3 saturated heterocycles. The Balaban J connectivity index is 1.06. The van der Waals surface area contributed by atoms with Gasteiger partial charge in [-0.15, -0.1) is 0 Å². The van der Waals surface area contributed by atoms with Crippen LogP contribution >= 0.6 is 23.2 Å². The standard InChI is InChI=1S/C39H37Cl2F2N5O4/c1-51-36-22(16-47-18-38(19-47)13-11-24(49)15-38)3-9-29(44-36)25-5-7-27(42)32(34(25)40)33-28(43)8-6-26(35(33)41)30-10-4-23(37(45-30)52-2)17-48-20-39(21-48)14-12-31(50)46-39/h3-10H,11-21H2,1-2H3,(H,46,50). The summed E-state index contributed by atoms with van der Waals surface area (Å²) in [6.45, 7) is 4.40. The number of amides is 1. The number of ketones is 1. The lowest BCUT2D eigenvalue weighted by Crippen LogP contribution is -2.66. The van der Waals surface area contributed by atoms with Crippen LogP contribution in [0.3, 0.4) is 0 Å². The molecule has 0 unspecified atom stereocenters. The molecule has 0 atom stereocenters. The molecule has 4 aliphatic rings. The highest BCUT2D eigenvalue weighted by Gasteiger charge is 2.48. The van der Waals surface area contributed by atoms with Crippen LogP contribution in [-0.4, -0.2) is 77.4 Å². The predicted octanol–water partition coefficient (Wildman–Crippen LogP) is 7.10. The van der Waals surface area contributed by atoms with Crippen molar-refractivity contribution in [2.24, 2.45) is 5.41 Å². The number of hydrogen-bond acceptors (Lipinski definition) is 8. The molecule has 1 aliphatic carbocycles. The number of benzene rings is 2. The first-order valence-corrected chi connectivity index (χ1v) is 18.1. The first-order valence-electron chi connectivity index (χ1n) is 17.3. The molecule has 52 heavy (non-hydrogen) atoms. The highest BCUT2D eigenvalue weighted by atomic mass is 35.5. The molecule has 2 aromatic heterocycles. The van der Waals surface area contributed by atoms with Crippen molar-refractivity contribution in [2.45, 2.75) is 50.7 Å². The largest absolute Gasteiger partial charge is 0.481 e. The maximum absolute atomic E-state index is 15.7. The number of carbonyl (C=O) groups is 2. The number of likely N-dealkylation sites (tertiary alicyclic amines) is 2. The summed E-state index contributed by atoms with van der Waals surface area (Å²) in [5, 5.41) is 2.98. The monoisotopic (exact) mass is 747 g/mol. The SMILES string of the molecule is COc1nc(-c2ccc(F)c(-c3c(F)ccc(-c4ccc(CN5CC6(CCC(=O)N6)C5)c(OC)n4)c3Cl)c2Cl)ccc1CN1CC2(CCC(=O)C2)C1. The third-order valence-electron chi connectivity index (χ3n) is 10.9. The molecule has 9 nitrogen and oxygen atoms in total. The van der Waals surface area contributed by atoms with E-state index in [9.17, 15) is 9.59 Å². The topological polar surface area (TPSA) is 96.9 Å². The van der Waals surface area contributed by atoms with E-state index in [1.54, 1.807) is 12.1 Å². The van der Waals surface area contributed by atoms with Gasteiger partial charge in [0.15, 0.2) is 0 Å². The van der Waals surface area contributed by atoms with Gasteiger partial charge in [0.25, 0.3) is 0 Å². The maximum atomic E-state index is 15.7. The molecule has 270 valence electrons. The zero-order chi connectivity index (χ0) is 36.4. The predicted molar refractivity (Wildman–Crippen MR) is 193 cm³/mol. The Kier molecular flexibility index (Phi) is 8.97. The van der Waals surface area contributed by atoms with Gasteiger partial charge >= 0.3 is 0 Å². The molecule has 0 radical (unpaired) electrons. The Morgan fingerprint density at radius 2 is 1.25 bits per heavy atom. The number of hydrogen-bond donors (Lipinski definition) is 1. The molecule has 2 aromatic carbocycles. The van der Waals surface area contributed by atoms with Gasteiger partial charge in [-0.2, -0.15) is 0 Å². The van der Waals surface area contributed by atoms with Crippen molar-refractivity contribution in [3.63, 3.8) is 0 Å². The first kappa shape index (κ1) is 34.9. The quantitative estimate of drug-likeness (QED) is 0.194. The minimum Gasteiger partial charge on any atom is -0.481 e. The van der Waals surface area contributed by atoms with E-state index in [0.717, 1.165) is 50.1 Å². The Morgan fingerprint density at radius 1 is 0.731 bits per heavy atom. The summed E-state index contributed by atoms with van der Waals surface area (Å²) in [4.78, 5) is 37.5. The third-order valence-corrected chi connectivity index (χ3v) is 11.7. The number of nitrogens with one attached hydrogen (secondary N) is 1. The number of pyridine rings is 2. The van der Waals surface area contributed by atoms with Crippen LogP contribution in [0.15, 0.2) is 48.5 Å². The molecular formula is C39H37Cl2F2N5O4. The van der Waals surface area contributed by atoms with Gasteiger partial charge < -0.3 is 14.8 Å². The number of Topliss-reactive ketones (excluding diaryl/α,β-unsaturated/α-hetero) is 1. The number of halogens is 4. The number of methoxy groups -OCH3 is 2. The number of rotatable bonds is 9. The van der Waals surface area contributed by atoms with E-state index in [1.807, 2.05) is 12.1 Å². The lowest BCUT2D eigenvalue weighted by atomic mass is 9.78. The fourth-order valence-electron chi connectivity index (χ4n) is 8.49. The van der Waals surface area contributed by atoms with Crippen molar-refractivity contribution in [3.8, 4) is 45.4 Å². The van der Waals surface area contributed by atoms with Gasteiger partial charge in [0.1, 0.15) is 17.4 Å². The van der Waals surface area contributed by atoms with E-state index in [-0.39, 0.29) is 38.0 Å². The fourth-order valence-corrected chi connectivity index (χ4v) is 9.18. The van der Waals surface area contributed by atoms with Gasteiger partial charge in [-0.1, -0.05) is 35.3 Å². The van der Waals surface area contributed by atoms with Crippen molar-refractivity contribution in [1.82, 2.24) is 25.1 Å². The van der Waals surface area contributed by atoms with E-state index in [0.29, 0.717) is 72.4 Å². The van der Waals surface area contributed by atoms with Gasteiger partial charge in [0, 0.05) is 97.3 Å². The molecule has 2 spiro atoms. The normalized spacial score (nSPS) is 19.2. The van der Waals surface area contributed by atoms with Crippen LogP contribution in [0.1, 0.15) is 43.2 Å². The molecule has 3 aliphatic heterocycles. The fraction of sp³-hybridized carbons (Fsp3) is 0.385. The first-order chi connectivity index (χ1) is 25.0. The lowest BCUT2D eigenvalue weighted by molar-refractivity contribution is -0.121. The molecule has 8 rings (SSSR count). The second-order valence-electron chi connectivity index (χ2n) is 14.6. The van der Waals surface area contributed by atoms with Crippen LogP contribution in [0.5, 0.6) is 11.8 Å². The van der Waals surface area contributed by atoms with Crippen LogP contribution in [0.4, 0.5) is 8.78 Å². The summed E-state index contributed by atoms with van der Waals surface area (Å²) in [5.41, 5.74) is 2.87. The van der Waals surface area contributed by atoms with Crippen molar-refractivity contribution in [2.75, 3.05) is 40.4 Å². The molecule has 5 heterocycles. The van der Waals surface area contributed by atoms with E-state index < -0.39 is 11.6 Å². The minimum absolute atomic E-state index is 0.0532. The molecule has 13 heteroatoms. The lowest BCUT2D eigenvalue weighted by Gasteiger charge is -2.48. The molecule has 4 fully saturated rings. The van der Waals surface area contributed by atoms with Gasteiger partial charge in [0.2, 0.25) is 17.7 Å². The summed E-state index contributed by atoms with van der Waals surface area (Å²) in [6.07, 6.45) is 3.64. The molecule has 4 aromatic rings. The molecule has 0 bridgehead atoms. The van der Waals surface area contributed by atoms with E-state index >= 15 is 8.78 Å². The molecule has 1 saturated carbocycles. The maximum Gasteiger partial charge on any atom is 0.220 e. The average Bonchev–Trinajstić information content (AvgIpc) is 3.69. The second kappa shape index (κ2) is 13.4. The van der Waals surface area contributed by atoms with Crippen molar-refractivity contribution < 1.29 is 27.8 Å². The average molecular weight is 749 g/mol. The van der Waals surface area contributed by atoms with Gasteiger partial charge in [-0.05, 0) is 49.2 Å². The number of nitrogens with zero attached hydrogens (tertiary/aromatic N) is 4. The molecular weight excluding hydrogens is 711 g/mol. The van der Waals surface area contributed by atoms with Crippen LogP contribution in [0.25, 0.3) is 33.6 Å². The highest BCUT2D eigenvalue weighted by Crippen LogP contribution is 2.47. The minimum atomic E-state index is -0.752. The van der Waals surface area contributed by atoms with Crippen LogP contribution in [0.2, 0.25) is 10.0 Å². The van der Waals surface area contributed by atoms with Crippen LogP contribution < -0.4 is 14.8 Å². The number of aromatic nitrogens is 2. The summed E-state index contributed by atoms with van der Waals surface area (Å²) >= 11 is 13.8. The van der Waals surface area contributed by atoms with Gasteiger partial charge in [0.05, 0.1) is 41.2 Å². The zero-order valence-corrected chi connectivity index (χ0v) is 30.3. The Morgan fingerprint density at radius 3 is 1.69 bits per heavy atom. The second-order valence-corrected chi connectivity index (χ2v) is 15.4. The van der Waals surface area contributed by atoms with Crippen molar-refractivity contribution >= 4 is 34.9 Å². The van der Waals surface area contributed by atoms with E-state index in [4.69, 9.17) is 42.6 Å². The zero-order valence-electron chi connectivity index (χ0n) is 28.8. The van der Waals surface area contributed by atoms with Gasteiger partial charge in [-0.3, -0.25) is 19.4 Å². The van der Waals surface area contributed by atoms with E-state index in [2.05, 4.69) is 15.1 Å². The van der Waals surface area contributed by atoms with Crippen molar-refractivity contribution in [1.29, 1.82) is 0 Å². The van der Waals surface area contributed by atoms with Crippen LogP contribution in [0, 0.1) is 17.0 Å².